The quantitative estimate of drug-likeness (QED) is 0.631. The zero-order valence-corrected chi connectivity index (χ0v) is 12.6. The maximum absolute atomic E-state index is 12.4. The fourth-order valence-electron chi connectivity index (χ4n) is 2.42. The van der Waals surface area contributed by atoms with E-state index in [1.54, 1.807) is 0 Å². The Balaban J connectivity index is 2.47. The fourth-order valence-corrected chi connectivity index (χ4v) is 2.42. The van der Waals surface area contributed by atoms with Crippen molar-refractivity contribution < 1.29 is 4.79 Å². The van der Waals surface area contributed by atoms with Crippen LogP contribution in [0.2, 0.25) is 0 Å². The summed E-state index contributed by atoms with van der Waals surface area (Å²) in [5.41, 5.74) is 0. The van der Waals surface area contributed by atoms with Crippen LogP contribution in [-0.4, -0.2) is 47.9 Å². The van der Waals surface area contributed by atoms with Crippen molar-refractivity contribution in [1.82, 2.24) is 9.80 Å². The summed E-state index contributed by atoms with van der Waals surface area (Å²) in [4.78, 5) is 16.8. The van der Waals surface area contributed by atoms with Crippen LogP contribution < -0.4 is 0 Å². The van der Waals surface area contributed by atoms with Crippen LogP contribution in [-0.2, 0) is 4.79 Å². The van der Waals surface area contributed by atoms with Gasteiger partial charge in [-0.05, 0) is 44.7 Å². The summed E-state index contributed by atoms with van der Waals surface area (Å²) >= 11 is 0. The van der Waals surface area contributed by atoms with Gasteiger partial charge in [-0.1, -0.05) is 27.7 Å². The molecule has 1 fully saturated rings. The Morgan fingerprint density at radius 1 is 1.17 bits per heavy atom. The molecular weight excluding hydrogens is 224 g/mol. The highest BCUT2D eigenvalue weighted by Gasteiger charge is 2.33. The second-order valence-electron chi connectivity index (χ2n) is 5.95. The Bertz CT molecular complexity index is 243. The Kier molecular flexibility index (Phi) is 6.69. The Hall–Kier alpha value is -0.570. The molecule has 3 nitrogen and oxygen atoms in total. The lowest BCUT2D eigenvalue weighted by Crippen LogP contribution is -2.43. The van der Waals surface area contributed by atoms with Gasteiger partial charge in [0.25, 0.3) is 0 Å². The molecule has 0 N–H and O–H groups in total. The third-order valence-corrected chi connectivity index (χ3v) is 3.31. The normalized spacial score (nSPS) is 15.4. The second-order valence-corrected chi connectivity index (χ2v) is 5.95. The molecule has 0 bridgehead atoms. The standard InChI is InChI=1S/C15H30N2O/c1-5-9-16(10-6-2)12-15(18)17(11-13(3)4)14-7-8-14/h13-14H,5-12H2,1-4H3. The topological polar surface area (TPSA) is 23.6 Å². The molecule has 0 aromatic carbocycles. The first-order valence-corrected chi connectivity index (χ1v) is 7.60. The lowest BCUT2D eigenvalue weighted by atomic mass is 10.2. The molecule has 1 aliphatic carbocycles. The largest absolute Gasteiger partial charge is 0.338 e. The van der Waals surface area contributed by atoms with Crippen LogP contribution in [0, 0.1) is 5.92 Å². The minimum atomic E-state index is 0.341. The summed E-state index contributed by atoms with van der Waals surface area (Å²) in [7, 11) is 0. The average Bonchev–Trinajstić information content (AvgIpc) is 3.10. The van der Waals surface area contributed by atoms with Crippen molar-refractivity contribution in [3.05, 3.63) is 0 Å². The van der Waals surface area contributed by atoms with Gasteiger partial charge in [0, 0.05) is 12.6 Å². The Labute approximate surface area is 113 Å². The van der Waals surface area contributed by atoms with Gasteiger partial charge in [0.2, 0.25) is 5.91 Å². The number of nitrogens with zero attached hydrogens (tertiary/aromatic N) is 2. The van der Waals surface area contributed by atoms with Crippen LogP contribution in [0.5, 0.6) is 0 Å². The van der Waals surface area contributed by atoms with Gasteiger partial charge >= 0.3 is 0 Å². The van der Waals surface area contributed by atoms with E-state index in [1.807, 2.05) is 0 Å². The van der Waals surface area contributed by atoms with Gasteiger partial charge in [0.05, 0.1) is 6.54 Å². The maximum atomic E-state index is 12.4. The molecule has 1 aliphatic rings. The van der Waals surface area contributed by atoms with Crippen molar-refractivity contribution in [2.75, 3.05) is 26.2 Å². The predicted molar refractivity (Wildman–Crippen MR) is 76.6 cm³/mol. The molecule has 0 unspecified atom stereocenters. The first-order chi connectivity index (χ1) is 8.58. The molecule has 0 aromatic heterocycles. The molecular formula is C15H30N2O. The second kappa shape index (κ2) is 7.78. The van der Waals surface area contributed by atoms with E-state index in [1.165, 1.54) is 12.8 Å². The van der Waals surface area contributed by atoms with Crippen molar-refractivity contribution in [3.63, 3.8) is 0 Å². The third kappa shape index (κ3) is 5.38. The Morgan fingerprint density at radius 3 is 2.11 bits per heavy atom. The molecule has 0 aliphatic heterocycles. The molecule has 0 saturated heterocycles. The SMILES string of the molecule is CCCN(CCC)CC(=O)N(CC(C)C)C1CC1. The highest BCUT2D eigenvalue weighted by Crippen LogP contribution is 2.27. The predicted octanol–water partition coefficient (Wildman–Crippen LogP) is 2.76. The highest BCUT2D eigenvalue weighted by molar-refractivity contribution is 5.79. The summed E-state index contributed by atoms with van der Waals surface area (Å²) < 4.78 is 0. The first kappa shape index (κ1) is 15.5. The lowest BCUT2D eigenvalue weighted by Gasteiger charge is -2.28. The zero-order valence-electron chi connectivity index (χ0n) is 12.6. The summed E-state index contributed by atoms with van der Waals surface area (Å²) in [5, 5.41) is 0. The van der Waals surface area contributed by atoms with Gasteiger partial charge in [-0.2, -0.15) is 0 Å². The van der Waals surface area contributed by atoms with E-state index in [2.05, 4.69) is 37.5 Å². The van der Waals surface area contributed by atoms with Crippen LogP contribution in [0.15, 0.2) is 0 Å². The van der Waals surface area contributed by atoms with E-state index >= 15 is 0 Å². The number of carbonyl (C=O) groups is 1. The van der Waals surface area contributed by atoms with Crippen LogP contribution in [0.4, 0.5) is 0 Å². The smallest absolute Gasteiger partial charge is 0.237 e. The molecule has 0 aromatic rings. The molecule has 0 radical (unpaired) electrons. The molecule has 3 heteroatoms. The van der Waals surface area contributed by atoms with Crippen LogP contribution in [0.1, 0.15) is 53.4 Å². The minimum Gasteiger partial charge on any atom is -0.338 e. The zero-order chi connectivity index (χ0) is 13.5. The van der Waals surface area contributed by atoms with E-state index in [4.69, 9.17) is 0 Å². The first-order valence-electron chi connectivity index (χ1n) is 7.60. The lowest BCUT2D eigenvalue weighted by molar-refractivity contribution is -0.133. The van der Waals surface area contributed by atoms with Gasteiger partial charge in [-0.25, -0.2) is 0 Å². The molecule has 0 heterocycles. The molecule has 106 valence electrons. The average molecular weight is 254 g/mol. The summed E-state index contributed by atoms with van der Waals surface area (Å²) in [6.07, 6.45) is 4.67. The molecule has 1 amide bonds. The van der Waals surface area contributed by atoms with Crippen molar-refractivity contribution in [1.29, 1.82) is 0 Å². The van der Waals surface area contributed by atoms with Gasteiger partial charge < -0.3 is 4.90 Å². The van der Waals surface area contributed by atoms with Crippen LogP contribution in [0.25, 0.3) is 0 Å². The number of hydrogen-bond acceptors (Lipinski definition) is 2. The van der Waals surface area contributed by atoms with Crippen molar-refractivity contribution >= 4 is 5.91 Å². The van der Waals surface area contributed by atoms with E-state index in [9.17, 15) is 4.79 Å². The number of rotatable bonds is 9. The molecule has 0 spiro atoms. The van der Waals surface area contributed by atoms with E-state index in [-0.39, 0.29) is 0 Å². The third-order valence-electron chi connectivity index (χ3n) is 3.31. The highest BCUT2D eigenvalue weighted by atomic mass is 16.2. The van der Waals surface area contributed by atoms with E-state index < -0.39 is 0 Å². The van der Waals surface area contributed by atoms with Crippen molar-refractivity contribution in [2.45, 2.75) is 59.4 Å². The summed E-state index contributed by atoms with van der Waals surface area (Å²) in [6.45, 7) is 12.4. The summed E-state index contributed by atoms with van der Waals surface area (Å²) in [5.74, 6) is 0.911. The number of hydrogen-bond donors (Lipinski definition) is 0. The van der Waals surface area contributed by atoms with Gasteiger partial charge in [-0.3, -0.25) is 9.69 Å². The molecule has 18 heavy (non-hydrogen) atoms. The fraction of sp³-hybridized carbons (Fsp3) is 0.933. The monoisotopic (exact) mass is 254 g/mol. The molecule has 1 rings (SSSR count). The summed E-state index contributed by atoms with van der Waals surface area (Å²) in [6, 6.07) is 0.546. The molecule has 0 atom stereocenters. The van der Waals surface area contributed by atoms with Crippen molar-refractivity contribution in [2.24, 2.45) is 5.92 Å². The molecule has 1 saturated carbocycles. The van der Waals surface area contributed by atoms with Gasteiger partial charge in [-0.15, -0.1) is 0 Å². The minimum absolute atomic E-state index is 0.341. The Morgan fingerprint density at radius 2 is 1.72 bits per heavy atom. The van der Waals surface area contributed by atoms with Crippen LogP contribution >= 0.6 is 0 Å². The van der Waals surface area contributed by atoms with Gasteiger partial charge in [0.15, 0.2) is 0 Å². The van der Waals surface area contributed by atoms with Gasteiger partial charge in [0.1, 0.15) is 0 Å². The van der Waals surface area contributed by atoms with E-state index in [0.29, 0.717) is 24.4 Å². The number of carbonyl (C=O) groups excluding carboxylic acids is 1. The number of amides is 1. The maximum Gasteiger partial charge on any atom is 0.237 e. The van der Waals surface area contributed by atoms with Crippen molar-refractivity contribution in [3.8, 4) is 0 Å². The van der Waals surface area contributed by atoms with E-state index in [0.717, 1.165) is 32.5 Å². The van der Waals surface area contributed by atoms with Crippen LogP contribution in [0.3, 0.4) is 0 Å².